The molecule has 3 rings (SSSR count). The molecule has 2 heteroatoms. The largest absolute Gasteiger partial charge is 0.313 e. The molecule has 0 aromatic carbocycles. The Hall–Kier alpha value is -0.0800. The van der Waals surface area contributed by atoms with Crippen LogP contribution < -0.4 is 5.32 Å². The van der Waals surface area contributed by atoms with Crippen LogP contribution in [0.15, 0.2) is 0 Å². The van der Waals surface area contributed by atoms with Crippen molar-refractivity contribution in [1.82, 2.24) is 10.2 Å². The number of rotatable bonds is 1. The molecule has 1 spiro atoms. The molecule has 1 aliphatic carbocycles. The van der Waals surface area contributed by atoms with Crippen LogP contribution in [-0.4, -0.2) is 36.6 Å². The Bertz CT molecular complexity index is 248. The van der Waals surface area contributed by atoms with Crippen molar-refractivity contribution < 1.29 is 0 Å². The van der Waals surface area contributed by atoms with Crippen LogP contribution in [0.5, 0.6) is 0 Å². The number of hydrogen-bond acceptors (Lipinski definition) is 2. The molecule has 2 aliphatic heterocycles. The van der Waals surface area contributed by atoms with Gasteiger partial charge in [-0.1, -0.05) is 25.7 Å². The van der Waals surface area contributed by atoms with Crippen molar-refractivity contribution in [2.75, 3.05) is 19.6 Å². The Balaban J connectivity index is 1.55. The van der Waals surface area contributed by atoms with Crippen molar-refractivity contribution in [2.45, 2.75) is 70.4 Å². The van der Waals surface area contributed by atoms with Crippen molar-refractivity contribution in [2.24, 2.45) is 5.41 Å². The van der Waals surface area contributed by atoms with Crippen LogP contribution in [0.3, 0.4) is 0 Å². The number of nitrogens with one attached hydrogen (secondary N) is 1. The molecule has 3 aliphatic rings. The van der Waals surface area contributed by atoms with E-state index in [1.54, 1.807) is 0 Å². The molecule has 0 aromatic rings. The highest BCUT2D eigenvalue weighted by Gasteiger charge is 2.46. The van der Waals surface area contributed by atoms with E-state index in [-0.39, 0.29) is 0 Å². The van der Waals surface area contributed by atoms with Gasteiger partial charge < -0.3 is 5.32 Å². The zero-order valence-electron chi connectivity index (χ0n) is 11.4. The lowest BCUT2D eigenvalue weighted by Crippen LogP contribution is -2.64. The summed E-state index contributed by atoms with van der Waals surface area (Å²) in [5, 5.41) is 3.64. The van der Waals surface area contributed by atoms with Gasteiger partial charge in [0.2, 0.25) is 0 Å². The van der Waals surface area contributed by atoms with Crippen LogP contribution in [0, 0.1) is 5.41 Å². The van der Waals surface area contributed by atoms with Gasteiger partial charge in [0.15, 0.2) is 0 Å². The Morgan fingerprint density at radius 1 is 1.00 bits per heavy atom. The van der Waals surface area contributed by atoms with Crippen LogP contribution in [0.1, 0.15) is 58.3 Å². The van der Waals surface area contributed by atoms with Gasteiger partial charge in [0.1, 0.15) is 0 Å². The average molecular weight is 236 g/mol. The van der Waals surface area contributed by atoms with Gasteiger partial charge in [0.05, 0.1) is 0 Å². The predicted molar refractivity (Wildman–Crippen MR) is 72.2 cm³/mol. The first kappa shape index (κ1) is 12.0. The van der Waals surface area contributed by atoms with Crippen molar-refractivity contribution in [3.05, 3.63) is 0 Å². The van der Waals surface area contributed by atoms with Gasteiger partial charge in [0.25, 0.3) is 0 Å². The predicted octanol–water partition coefficient (Wildman–Crippen LogP) is 2.78. The molecule has 0 aromatic heterocycles. The van der Waals surface area contributed by atoms with E-state index in [0.717, 1.165) is 11.5 Å². The molecule has 2 saturated heterocycles. The quantitative estimate of drug-likeness (QED) is 0.753. The Morgan fingerprint density at radius 3 is 2.35 bits per heavy atom. The summed E-state index contributed by atoms with van der Waals surface area (Å²) in [5.74, 6) is 0. The van der Waals surface area contributed by atoms with Crippen LogP contribution in [-0.2, 0) is 0 Å². The van der Waals surface area contributed by atoms with E-state index in [1.807, 2.05) is 0 Å². The van der Waals surface area contributed by atoms with Gasteiger partial charge in [-0.15, -0.1) is 0 Å². The Kier molecular flexibility index (Phi) is 3.45. The third kappa shape index (κ3) is 2.39. The maximum Gasteiger partial charge on any atom is 0.0247 e. The first-order valence-electron chi connectivity index (χ1n) is 7.77. The molecule has 0 radical (unpaired) electrons. The zero-order valence-corrected chi connectivity index (χ0v) is 11.4. The third-order valence-electron chi connectivity index (χ3n) is 5.43. The summed E-state index contributed by atoms with van der Waals surface area (Å²) in [6.07, 6.45) is 11.8. The first-order valence-corrected chi connectivity index (χ1v) is 7.77. The molecule has 1 N–H and O–H groups in total. The summed E-state index contributed by atoms with van der Waals surface area (Å²) in [6.45, 7) is 6.42. The summed E-state index contributed by atoms with van der Waals surface area (Å²) in [6, 6.07) is 1.55. The fraction of sp³-hybridized carbons (Fsp3) is 1.00. The molecule has 98 valence electrons. The van der Waals surface area contributed by atoms with Crippen LogP contribution in [0.2, 0.25) is 0 Å². The van der Waals surface area contributed by atoms with Crippen molar-refractivity contribution in [3.63, 3.8) is 0 Å². The minimum atomic E-state index is 0.715. The topological polar surface area (TPSA) is 15.3 Å². The van der Waals surface area contributed by atoms with E-state index >= 15 is 0 Å². The van der Waals surface area contributed by atoms with Gasteiger partial charge in [-0.2, -0.15) is 0 Å². The van der Waals surface area contributed by atoms with E-state index in [4.69, 9.17) is 0 Å². The van der Waals surface area contributed by atoms with Gasteiger partial charge in [-0.3, -0.25) is 4.90 Å². The SMILES string of the molecule is CC1NCCCC1N1CC2(CCCCCC2)C1. The molecule has 3 fully saturated rings. The highest BCUT2D eigenvalue weighted by atomic mass is 15.3. The molecule has 17 heavy (non-hydrogen) atoms. The summed E-state index contributed by atoms with van der Waals surface area (Å²) in [7, 11) is 0. The molecular formula is C15H28N2. The van der Waals surface area contributed by atoms with E-state index in [9.17, 15) is 0 Å². The second-order valence-corrected chi connectivity index (χ2v) is 6.77. The molecule has 2 unspecified atom stereocenters. The summed E-state index contributed by atoms with van der Waals surface area (Å²) in [5.41, 5.74) is 0.744. The van der Waals surface area contributed by atoms with Gasteiger partial charge in [-0.25, -0.2) is 0 Å². The fourth-order valence-electron chi connectivity index (χ4n) is 4.37. The average Bonchev–Trinajstić information content (AvgIpc) is 2.53. The molecule has 0 bridgehead atoms. The van der Waals surface area contributed by atoms with Crippen molar-refractivity contribution in [1.29, 1.82) is 0 Å². The Labute approximate surface area is 106 Å². The first-order chi connectivity index (χ1) is 8.29. The highest BCUT2D eigenvalue weighted by molar-refractivity contribution is 5.00. The molecule has 2 atom stereocenters. The van der Waals surface area contributed by atoms with Gasteiger partial charge >= 0.3 is 0 Å². The van der Waals surface area contributed by atoms with Gasteiger partial charge in [-0.05, 0) is 44.6 Å². The van der Waals surface area contributed by atoms with E-state index in [0.29, 0.717) is 6.04 Å². The Morgan fingerprint density at radius 2 is 1.71 bits per heavy atom. The van der Waals surface area contributed by atoms with Crippen LogP contribution in [0.4, 0.5) is 0 Å². The molecular weight excluding hydrogens is 208 g/mol. The lowest BCUT2D eigenvalue weighted by molar-refractivity contribution is -0.0565. The maximum atomic E-state index is 3.64. The minimum Gasteiger partial charge on any atom is -0.313 e. The summed E-state index contributed by atoms with van der Waals surface area (Å²) in [4.78, 5) is 2.78. The molecule has 2 heterocycles. The minimum absolute atomic E-state index is 0.715. The second kappa shape index (κ2) is 4.89. The summed E-state index contributed by atoms with van der Waals surface area (Å²) < 4.78 is 0. The number of hydrogen-bond donors (Lipinski definition) is 1. The third-order valence-corrected chi connectivity index (χ3v) is 5.43. The molecule has 1 saturated carbocycles. The number of piperidine rings is 1. The monoisotopic (exact) mass is 236 g/mol. The van der Waals surface area contributed by atoms with Crippen molar-refractivity contribution in [3.8, 4) is 0 Å². The van der Waals surface area contributed by atoms with E-state index in [2.05, 4.69) is 17.1 Å². The maximum absolute atomic E-state index is 3.64. The second-order valence-electron chi connectivity index (χ2n) is 6.77. The standard InChI is InChI=1S/C15H28N2/c1-13-14(7-6-10-16-13)17-11-15(12-17)8-4-2-3-5-9-15/h13-14,16H,2-12H2,1H3. The lowest BCUT2D eigenvalue weighted by atomic mass is 9.72. The van der Waals surface area contributed by atoms with Crippen LogP contribution >= 0.6 is 0 Å². The normalized spacial score (nSPS) is 38.6. The lowest BCUT2D eigenvalue weighted by Gasteiger charge is -2.55. The summed E-state index contributed by atoms with van der Waals surface area (Å²) >= 11 is 0. The number of likely N-dealkylation sites (tertiary alicyclic amines) is 1. The van der Waals surface area contributed by atoms with Gasteiger partial charge in [0, 0.05) is 25.2 Å². The fourth-order valence-corrected chi connectivity index (χ4v) is 4.37. The van der Waals surface area contributed by atoms with E-state index < -0.39 is 0 Å². The van der Waals surface area contributed by atoms with Crippen LogP contribution in [0.25, 0.3) is 0 Å². The highest BCUT2D eigenvalue weighted by Crippen LogP contribution is 2.44. The molecule has 0 amide bonds. The number of nitrogens with zero attached hydrogens (tertiary/aromatic N) is 1. The van der Waals surface area contributed by atoms with Crippen molar-refractivity contribution >= 4 is 0 Å². The molecule has 2 nitrogen and oxygen atoms in total. The zero-order chi connectivity index (χ0) is 11.7. The van der Waals surface area contributed by atoms with E-state index in [1.165, 1.54) is 71.0 Å². The smallest absolute Gasteiger partial charge is 0.0247 e.